The van der Waals surface area contributed by atoms with Gasteiger partial charge in [-0.2, -0.15) is 0 Å². The molecule has 4 nitrogen and oxygen atoms in total. The molecule has 0 radical (unpaired) electrons. The molecule has 0 amide bonds. The zero-order valence-corrected chi connectivity index (χ0v) is 38.6. The number of nitrogens with zero attached hydrogens (tertiary/aromatic N) is 2. The zero-order chi connectivity index (χ0) is 40.0. The monoisotopic (exact) mass is 795 g/mol. The largest absolute Gasteiger partial charge is 0.368 e. The maximum atomic E-state index is 12.8. The number of halogens is 1. The normalized spacial score (nSPS) is 11.9. The van der Waals surface area contributed by atoms with E-state index in [1.807, 2.05) is 5.06 Å². The number of hydrogen-bond acceptors (Lipinski definition) is 4. The second-order valence-corrected chi connectivity index (χ2v) is 17.4. The molecule has 0 saturated carbocycles. The predicted octanol–water partition coefficient (Wildman–Crippen LogP) is 16.7. The Balaban J connectivity index is 3.94. The average molecular weight is 796 g/mol. The first kappa shape index (κ1) is 54.4. The van der Waals surface area contributed by atoms with E-state index < -0.39 is 0 Å². The van der Waals surface area contributed by atoms with Gasteiger partial charge in [0.25, 0.3) is 0 Å². The van der Waals surface area contributed by atoms with E-state index >= 15 is 0 Å². The van der Waals surface area contributed by atoms with Crippen molar-refractivity contribution in [3.05, 3.63) is 12.2 Å². The third-order valence-corrected chi connectivity index (χ3v) is 11.7. The summed E-state index contributed by atoms with van der Waals surface area (Å²) >= 11 is 6.15. The molecule has 0 bridgehead atoms. The molecule has 0 atom stereocenters. The Hall–Kier alpha value is -0.580. The van der Waals surface area contributed by atoms with Gasteiger partial charge >= 0.3 is 5.97 Å². The van der Waals surface area contributed by atoms with Crippen molar-refractivity contribution in [2.45, 2.75) is 265 Å². The van der Waals surface area contributed by atoms with Crippen LogP contribution >= 0.6 is 11.6 Å². The van der Waals surface area contributed by atoms with Crippen molar-refractivity contribution in [2.24, 2.45) is 0 Å². The summed E-state index contributed by atoms with van der Waals surface area (Å²) in [6.45, 7) is 12.1. The van der Waals surface area contributed by atoms with E-state index in [1.165, 1.54) is 225 Å². The Morgan fingerprint density at radius 1 is 0.400 bits per heavy atom. The van der Waals surface area contributed by atoms with E-state index in [-0.39, 0.29) is 5.97 Å². The molecule has 0 aliphatic carbocycles. The van der Waals surface area contributed by atoms with Crippen LogP contribution in [0, 0.1) is 0 Å². The Kier molecular flexibility index (Phi) is 47.3. The summed E-state index contributed by atoms with van der Waals surface area (Å²) in [5.41, 5.74) is 0. The van der Waals surface area contributed by atoms with Gasteiger partial charge in [-0.3, -0.25) is 4.79 Å². The van der Waals surface area contributed by atoms with Crippen LogP contribution in [0.4, 0.5) is 0 Å². The van der Waals surface area contributed by atoms with Crippen molar-refractivity contribution >= 4 is 17.6 Å². The fraction of sp³-hybridized carbons (Fsp3) is 0.940. The molecule has 328 valence electrons. The lowest BCUT2D eigenvalue weighted by Crippen LogP contribution is -2.29. The molecular weight excluding hydrogens is 696 g/mol. The SMILES string of the molecule is CCCCCCCC/C=C\CCCCCCCCN(CCCl)CCCCCCCCCC(=O)ON(CCCCCCCCCC)CCCCCCCCCC. The van der Waals surface area contributed by atoms with Crippen LogP contribution in [0.15, 0.2) is 12.2 Å². The lowest BCUT2D eigenvalue weighted by molar-refractivity contribution is -0.191. The molecule has 0 aromatic carbocycles. The summed E-state index contributed by atoms with van der Waals surface area (Å²) in [6.07, 6.45) is 54.0. The highest BCUT2D eigenvalue weighted by Gasteiger charge is 2.12. The summed E-state index contributed by atoms with van der Waals surface area (Å²) in [6, 6.07) is 0. The molecule has 0 aromatic heterocycles. The number of unbranched alkanes of at least 4 members (excludes halogenated alkanes) is 32. The van der Waals surface area contributed by atoms with Gasteiger partial charge in [-0.05, 0) is 70.9 Å². The molecule has 0 heterocycles. The lowest BCUT2D eigenvalue weighted by Gasteiger charge is -2.21. The van der Waals surface area contributed by atoms with Crippen molar-refractivity contribution < 1.29 is 9.63 Å². The summed E-state index contributed by atoms with van der Waals surface area (Å²) in [5.74, 6) is 0.727. The summed E-state index contributed by atoms with van der Waals surface area (Å²) in [5, 5.41) is 2.02. The maximum absolute atomic E-state index is 12.8. The van der Waals surface area contributed by atoms with Crippen molar-refractivity contribution in [2.75, 3.05) is 38.6 Å². The Labute approximate surface area is 351 Å². The van der Waals surface area contributed by atoms with E-state index in [1.54, 1.807) is 0 Å². The van der Waals surface area contributed by atoms with Gasteiger partial charge in [-0.25, -0.2) is 0 Å². The number of rotatable bonds is 47. The van der Waals surface area contributed by atoms with Gasteiger partial charge in [0.15, 0.2) is 0 Å². The van der Waals surface area contributed by atoms with Crippen molar-refractivity contribution in [1.29, 1.82) is 0 Å². The van der Waals surface area contributed by atoms with E-state index in [2.05, 4.69) is 37.8 Å². The van der Waals surface area contributed by atoms with Gasteiger partial charge in [0.1, 0.15) is 0 Å². The third-order valence-electron chi connectivity index (χ3n) is 11.5. The molecule has 0 rings (SSSR count). The Bertz CT molecular complexity index is 742. The predicted molar refractivity (Wildman–Crippen MR) is 246 cm³/mol. The number of allylic oxidation sites excluding steroid dienone is 2. The van der Waals surface area contributed by atoms with Crippen molar-refractivity contribution in [3.63, 3.8) is 0 Å². The van der Waals surface area contributed by atoms with Crippen LogP contribution in [-0.4, -0.2) is 54.5 Å². The van der Waals surface area contributed by atoms with Crippen LogP contribution in [0.5, 0.6) is 0 Å². The number of hydroxylamine groups is 2. The first-order valence-corrected chi connectivity index (χ1v) is 25.6. The van der Waals surface area contributed by atoms with Crippen LogP contribution in [0.1, 0.15) is 265 Å². The summed E-state index contributed by atoms with van der Waals surface area (Å²) in [4.78, 5) is 21.3. The fourth-order valence-corrected chi connectivity index (χ4v) is 8.00. The van der Waals surface area contributed by atoms with Crippen LogP contribution in [0.2, 0.25) is 0 Å². The minimum atomic E-state index is -0.0136. The molecule has 0 saturated heterocycles. The highest BCUT2D eigenvalue weighted by Crippen LogP contribution is 2.15. The molecule has 0 aromatic rings. The van der Waals surface area contributed by atoms with E-state index in [9.17, 15) is 4.79 Å². The molecular formula is C50H99ClN2O2. The van der Waals surface area contributed by atoms with Gasteiger partial charge in [0.2, 0.25) is 0 Å². The minimum absolute atomic E-state index is 0.0136. The second-order valence-electron chi connectivity index (χ2n) is 17.0. The van der Waals surface area contributed by atoms with Crippen LogP contribution in [0.3, 0.4) is 0 Å². The Morgan fingerprint density at radius 3 is 1.07 bits per heavy atom. The second kappa shape index (κ2) is 47.8. The quantitative estimate of drug-likeness (QED) is 0.0266. The Morgan fingerprint density at radius 2 is 0.709 bits per heavy atom. The maximum Gasteiger partial charge on any atom is 0.325 e. The van der Waals surface area contributed by atoms with Gasteiger partial charge < -0.3 is 9.74 Å². The van der Waals surface area contributed by atoms with Crippen molar-refractivity contribution in [1.82, 2.24) is 9.96 Å². The topological polar surface area (TPSA) is 32.8 Å². The molecule has 0 aliphatic rings. The fourth-order valence-electron chi connectivity index (χ4n) is 7.76. The molecule has 0 spiro atoms. The first-order valence-electron chi connectivity index (χ1n) is 25.1. The number of hydrogen-bond donors (Lipinski definition) is 0. The van der Waals surface area contributed by atoms with Gasteiger partial charge in [0.05, 0.1) is 0 Å². The van der Waals surface area contributed by atoms with Crippen LogP contribution in [-0.2, 0) is 9.63 Å². The molecule has 55 heavy (non-hydrogen) atoms. The standard InChI is InChI=1S/C50H99ClN2O2/c1-4-7-10-13-16-19-20-21-22-23-24-25-26-29-34-39-45-52(49-44-51)46-40-35-30-27-28-33-38-43-50(54)55-53(47-41-36-31-17-14-11-8-5-2)48-42-37-32-18-15-12-9-6-3/h21-22H,4-20,23-49H2,1-3H3/b22-21-. The van der Waals surface area contributed by atoms with E-state index in [0.29, 0.717) is 6.42 Å². The van der Waals surface area contributed by atoms with Crippen LogP contribution < -0.4 is 0 Å². The molecule has 0 aliphatic heterocycles. The highest BCUT2D eigenvalue weighted by molar-refractivity contribution is 6.18. The number of carbonyl (C=O) groups is 1. The van der Waals surface area contributed by atoms with E-state index in [4.69, 9.17) is 16.4 Å². The van der Waals surface area contributed by atoms with Crippen molar-refractivity contribution in [3.8, 4) is 0 Å². The van der Waals surface area contributed by atoms with Gasteiger partial charge in [0, 0.05) is 31.9 Å². The summed E-state index contributed by atoms with van der Waals surface area (Å²) in [7, 11) is 0. The van der Waals surface area contributed by atoms with Gasteiger partial charge in [-0.15, -0.1) is 16.7 Å². The summed E-state index contributed by atoms with van der Waals surface area (Å²) < 4.78 is 0. The van der Waals surface area contributed by atoms with Crippen LogP contribution in [0.25, 0.3) is 0 Å². The molecule has 5 heteroatoms. The smallest absolute Gasteiger partial charge is 0.325 e. The molecule has 0 unspecified atom stereocenters. The third kappa shape index (κ3) is 44.4. The first-order chi connectivity index (χ1) is 27.2. The zero-order valence-electron chi connectivity index (χ0n) is 37.9. The number of alkyl halides is 1. The lowest BCUT2D eigenvalue weighted by atomic mass is 10.1. The average Bonchev–Trinajstić information content (AvgIpc) is 3.18. The van der Waals surface area contributed by atoms with Gasteiger partial charge in [-0.1, -0.05) is 213 Å². The van der Waals surface area contributed by atoms with E-state index in [0.717, 1.165) is 51.2 Å². The minimum Gasteiger partial charge on any atom is -0.368 e. The molecule has 0 fully saturated rings. The molecule has 0 N–H and O–H groups in total. The number of carbonyl (C=O) groups excluding carboxylic acids is 1. The highest BCUT2D eigenvalue weighted by atomic mass is 35.5.